The van der Waals surface area contributed by atoms with Gasteiger partial charge < -0.3 is 24.5 Å². The van der Waals surface area contributed by atoms with Crippen molar-refractivity contribution in [2.24, 2.45) is 0 Å². The molecule has 0 amide bonds. The zero-order valence-corrected chi connectivity index (χ0v) is 11.3. The molecule has 106 valence electrons. The Bertz CT molecular complexity index is 599. The maximum absolute atomic E-state index is 5.55. The van der Waals surface area contributed by atoms with Crippen LogP contribution in [0.5, 0.6) is 11.5 Å². The average Bonchev–Trinajstić information content (AvgIpc) is 3.07. The predicted molar refractivity (Wildman–Crippen MR) is 72.2 cm³/mol. The van der Waals surface area contributed by atoms with Gasteiger partial charge in [0, 0.05) is 11.8 Å². The van der Waals surface area contributed by atoms with Gasteiger partial charge in [-0.05, 0) is 25.6 Å². The highest BCUT2D eigenvalue weighted by Crippen LogP contribution is 2.35. The van der Waals surface area contributed by atoms with Gasteiger partial charge in [-0.15, -0.1) is 5.10 Å². The monoisotopic (exact) mass is 276 g/mol. The first kappa shape index (κ1) is 12.7. The second-order valence-electron chi connectivity index (χ2n) is 4.42. The van der Waals surface area contributed by atoms with Crippen LogP contribution in [0.4, 0.5) is 11.7 Å². The summed E-state index contributed by atoms with van der Waals surface area (Å²) < 4.78 is 16.1. The number of ether oxygens (including phenoxy) is 2. The number of nitrogens with one attached hydrogen (secondary N) is 2. The summed E-state index contributed by atoms with van der Waals surface area (Å²) in [6.45, 7) is 5.10. The molecule has 1 aromatic heterocycles. The zero-order chi connectivity index (χ0) is 13.9. The lowest BCUT2D eigenvalue weighted by Crippen LogP contribution is -2.17. The standard InChI is InChI=1S/C13H16N4O3/c1-3-14-8(2)12-16-17-13(20-12)15-9-4-5-10-11(6-9)19-7-18-10/h4-6,8,14H,3,7H2,1-2H3,(H,15,17). The molecule has 1 aliphatic rings. The van der Waals surface area contributed by atoms with Crippen molar-refractivity contribution in [3.63, 3.8) is 0 Å². The van der Waals surface area contributed by atoms with E-state index in [1.165, 1.54) is 0 Å². The van der Waals surface area contributed by atoms with Gasteiger partial charge >= 0.3 is 6.01 Å². The van der Waals surface area contributed by atoms with E-state index in [9.17, 15) is 0 Å². The third-order valence-electron chi connectivity index (χ3n) is 2.95. The van der Waals surface area contributed by atoms with Gasteiger partial charge in [-0.2, -0.15) is 0 Å². The fraction of sp³-hybridized carbons (Fsp3) is 0.385. The summed E-state index contributed by atoms with van der Waals surface area (Å²) in [6.07, 6.45) is 0. The number of hydrogen-bond donors (Lipinski definition) is 2. The van der Waals surface area contributed by atoms with Crippen molar-refractivity contribution in [3.05, 3.63) is 24.1 Å². The molecule has 0 spiro atoms. The molecule has 1 unspecified atom stereocenters. The van der Waals surface area contributed by atoms with Crippen LogP contribution in [0.25, 0.3) is 0 Å². The van der Waals surface area contributed by atoms with E-state index in [1.54, 1.807) is 0 Å². The van der Waals surface area contributed by atoms with Crippen LogP contribution in [-0.4, -0.2) is 23.5 Å². The molecule has 0 saturated heterocycles. The van der Waals surface area contributed by atoms with E-state index in [-0.39, 0.29) is 12.8 Å². The largest absolute Gasteiger partial charge is 0.454 e. The Balaban J connectivity index is 1.71. The third-order valence-corrected chi connectivity index (χ3v) is 2.95. The molecule has 1 atom stereocenters. The highest BCUT2D eigenvalue weighted by molar-refractivity contribution is 5.59. The van der Waals surface area contributed by atoms with Gasteiger partial charge in [0.1, 0.15) is 0 Å². The molecule has 0 aliphatic carbocycles. The summed E-state index contributed by atoms with van der Waals surface area (Å²) in [5.41, 5.74) is 0.806. The van der Waals surface area contributed by atoms with Crippen LogP contribution in [0.2, 0.25) is 0 Å². The molecule has 2 aromatic rings. The van der Waals surface area contributed by atoms with Gasteiger partial charge in [-0.1, -0.05) is 12.0 Å². The van der Waals surface area contributed by atoms with Gasteiger partial charge in [-0.3, -0.25) is 0 Å². The first-order chi connectivity index (χ1) is 9.76. The molecule has 2 N–H and O–H groups in total. The van der Waals surface area contributed by atoms with Crippen molar-refractivity contribution >= 4 is 11.7 Å². The van der Waals surface area contributed by atoms with Crippen LogP contribution in [0.3, 0.4) is 0 Å². The lowest BCUT2D eigenvalue weighted by Gasteiger charge is -2.06. The van der Waals surface area contributed by atoms with Crippen LogP contribution >= 0.6 is 0 Å². The Kier molecular flexibility index (Phi) is 3.42. The van der Waals surface area contributed by atoms with Gasteiger partial charge in [0.2, 0.25) is 12.7 Å². The topological polar surface area (TPSA) is 81.4 Å². The second-order valence-corrected chi connectivity index (χ2v) is 4.42. The minimum Gasteiger partial charge on any atom is -0.454 e. The Morgan fingerprint density at radius 3 is 2.95 bits per heavy atom. The van der Waals surface area contributed by atoms with Crippen molar-refractivity contribution < 1.29 is 13.9 Å². The van der Waals surface area contributed by atoms with Crippen molar-refractivity contribution in [2.45, 2.75) is 19.9 Å². The minimum absolute atomic E-state index is 0.0276. The van der Waals surface area contributed by atoms with E-state index in [0.717, 1.165) is 18.0 Å². The predicted octanol–water partition coefficient (Wildman–Crippen LogP) is 2.21. The molecule has 0 bridgehead atoms. The van der Waals surface area contributed by atoms with E-state index in [1.807, 2.05) is 32.0 Å². The molecular formula is C13H16N4O3. The number of anilines is 2. The molecule has 7 heteroatoms. The Morgan fingerprint density at radius 1 is 1.25 bits per heavy atom. The van der Waals surface area contributed by atoms with Crippen molar-refractivity contribution in [3.8, 4) is 11.5 Å². The lowest BCUT2D eigenvalue weighted by atomic mass is 10.3. The van der Waals surface area contributed by atoms with Crippen molar-refractivity contribution in [1.82, 2.24) is 15.5 Å². The van der Waals surface area contributed by atoms with Gasteiger partial charge in [0.25, 0.3) is 0 Å². The van der Waals surface area contributed by atoms with Gasteiger partial charge in [-0.25, -0.2) is 0 Å². The molecular weight excluding hydrogens is 260 g/mol. The van der Waals surface area contributed by atoms with E-state index in [2.05, 4.69) is 20.8 Å². The number of fused-ring (bicyclic) bond motifs is 1. The smallest absolute Gasteiger partial charge is 0.320 e. The highest BCUT2D eigenvalue weighted by atomic mass is 16.7. The molecule has 20 heavy (non-hydrogen) atoms. The Hall–Kier alpha value is -2.28. The summed E-state index contributed by atoms with van der Waals surface area (Å²) >= 11 is 0. The molecule has 7 nitrogen and oxygen atoms in total. The van der Waals surface area contributed by atoms with Crippen LogP contribution in [0.1, 0.15) is 25.8 Å². The average molecular weight is 276 g/mol. The van der Waals surface area contributed by atoms with E-state index >= 15 is 0 Å². The Labute approximate surface area is 116 Å². The van der Waals surface area contributed by atoms with E-state index in [4.69, 9.17) is 13.9 Å². The fourth-order valence-corrected chi connectivity index (χ4v) is 1.95. The molecule has 0 saturated carbocycles. The summed E-state index contributed by atoms with van der Waals surface area (Å²) in [5, 5.41) is 14.2. The van der Waals surface area contributed by atoms with Crippen molar-refractivity contribution in [2.75, 3.05) is 18.7 Å². The summed E-state index contributed by atoms with van der Waals surface area (Å²) in [6, 6.07) is 5.91. The Morgan fingerprint density at radius 2 is 2.10 bits per heavy atom. The summed E-state index contributed by atoms with van der Waals surface area (Å²) in [4.78, 5) is 0. The van der Waals surface area contributed by atoms with E-state index < -0.39 is 0 Å². The van der Waals surface area contributed by atoms with Gasteiger partial charge in [0.15, 0.2) is 11.5 Å². The highest BCUT2D eigenvalue weighted by Gasteiger charge is 2.15. The molecule has 1 aliphatic heterocycles. The molecule has 3 rings (SSSR count). The zero-order valence-electron chi connectivity index (χ0n) is 11.3. The maximum atomic E-state index is 5.55. The first-order valence-corrected chi connectivity index (χ1v) is 6.49. The quantitative estimate of drug-likeness (QED) is 0.866. The lowest BCUT2D eigenvalue weighted by molar-refractivity contribution is 0.174. The number of benzene rings is 1. The fourth-order valence-electron chi connectivity index (χ4n) is 1.95. The molecule has 1 aromatic carbocycles. The second kappa shape index (κ2) is 5.38. The SMILES string of the molecule is CCNC(C)c1nnc(Nc2ccc3c(c2)OCO3)o1. The number of hydrogen-bond acceptors (Lipinski definition) is 7. The van der Waals surface area contributed by atoms with Crippen LogP contribution < -0.4 is 20.1 Å². The number of aromatic nitrogens is 2. The van der Waals surface area contributed by atoms with Crippen LogP contribution in [0, 0.1) is 0 Å². The summed E-state index contributed by atoms with van der Waals surface area (Å²) in [7, 11) is 0. The molecule has 0 radical (unpaired) electrons. The third kappa shape index (κ3) is 2.53. The number of nitrogens with zero attached hydrogens (tertiary/aromatic N) is 2. The normalized spacial score (nSPS) is 14.3. The van der Waals surface area contributed by atoms with Crippen LogP contribution in [-0.2, 0) is 0 Å². The van der Waals surface area contributed by atoms with Crippen LogP contribution in [0.15, 0.2) is 22.6 Å². The molecule has 0 fully saturated rings. The summed E-state index contributed by atoms with van der Waals surface area (Å²) in [5.74, 6) is 1.99. The minimum atomic E-state index is 0.0276. The maximum Gasteiger partial charge on any atom is 0.320 e. The van der Waals surface area contributed by atoms with Crippen molar-refractivity contribution in [1.29, 1.82) is 0 Å². The van der Waals surface area contributed by atoms with Gasteiger partial charge in [0.05, 0.1) is 6.04 Å². The van der Waals surface area contributed by atoms with E-state index in [0.29, 0.717) is 17.7 Å². The molecule has 2 heterocycles. The first-order valence-electron chi connectivity index (χ1n) is 6.49. The number of rotatable bonds is 5.